The number of nitrogens with zero attached hydrogens (tertiary/aromatic N) is 1. The molecule has 0 aliphatic carbocycles. The van der Waals surface area contributed by atoms with Crippen molar-refractivity contribution in [3.63, 3.8) is 0 Å². The van der Waals surface area contributed by atoms with Crippen molar-refractivity contribution >= 4 is 18.3 Å². The molecule has 1 unspecified atom stereocenters. The van der Waals surface area contributed by atoms with Crippen molar-refractivity contribution in [2.45, 2.75) is 45.2 Å². The van der Waals surface area contributed by atoms with Gasteiger partial charge in [0.1, 0.15) is 11.5 Å². The fourth-order valence-corrected chi connectivity index (χ4v) is 3.18. The van der Waals surface area contributed by atoms with Gasteiger partial charge in [-0.15, -0.1) is 12.4 Å². The Morgan fingerprint density at radius 3 is 2.58 bits per heavy atom. The summed E-state index contributed by atoms with van der Waals surface area (Å²) in [4.78, 5) is 14.9. The summed E-state index contributed by atoms with van der Waals surface area (Å²) in [6.07, 6.45) is 4.01. The van der Waals surface area contributed by atoms with E-state index in [1.165, 1.54) is 0 Å². The maximum atomic E-state index is 12.9. The van der Waals surface area contributed by atoms with Crippen molar-refractivity contribution in [1.82, 2.24) is 4.90 Å². The molecule has 1 amide bonds. The van der Waals surface area contributed by atoms with Crippen LogP contribution in [0.5, 0.6) is 0 Å². The van der Waals surface area contributed by atoms with E-state index < -0.39 is 0 Å². The lowest BCUT2D eigenvalue weighted by molar-refractivity contribution is 0.0578. The van der Waals surface area contributed by atoms with Crippen LogP contribution in [0, 0.1) is 0 Å². The first-order chi connectivity index (χ1) is 11.2. The fraction of sp³-hybridized carbons (Fsp3) is 0.421. The highest BCUT2D eigenvalue weighted by atomic mass is 35.5. The molecule has 3 rings (SSSR count). The normalized spacial score (nSPS) is 17.4. The van der Waals surface area contributed by atoms with Crippen molar-refractivity contribution in [1.29, 1.82) is 0 Å². The second-order valence-electron chi connectivity index (χ2n) is 6.07. The Hall–Kier alpha value is -1.78. The number of furan rings is 1. The number of carbonyl (C=O) groups is 1. The zero-order chi connectivity index (χ0) is 16.2. The Kier molecular flexibility index (Phi) is 6.46. The van der Waals surface area contributed by atoms with Crippen molar-refractivity contribution < 1.29 is 9.21 Å². The van der Waals surface area contributed by atoms with Crippen molar-refractivity contribution in [2.75, 3.05) is 6.54 Å². The summed E-state index contributed by atoms with van der Waals surface area (Å²) in [5.41, 5.74) is 7.38. The highest BCUT2D eigenvalue weighted by molar-refractivity contribution is 5.94. The summed E-state index contributed by atoms with van der Waals surface area (Å²) < 4.78 is 5.91. The number of aryl methyl sites for hydroxylation is 1. The highest BCUT2D eigenvalue weighted by Crippen LogP contribution is 2.33. The van der Waals surface area contributed by atoms with Gasteiger partial charge in [-0.3, -0.25) is 4.79 Å². The van der Waals surface area contributed by atoms with Gasteiger partial charge in [0.2, 0.25) is 0 Å². The van der Waals surface area contributed by atoms with Gasteiger partial charge in [0.15, 0.2) is 0 Å². The van der Waals surface area contributed by atoms with E-state index >= 15 is 0 Å². The molecule has 1 fully saturated rings. The van der Waals surface area contributed by atoms with Gasteiger partial charge >= 0.3 is 0 Å². The summed E-state index contributed by atoms with van der Waals surface area (Å²) >= 11 is 0. The van der Waals surface area contributed by atoms with Crippen LogP contribution in [0.3, 0.4) is 0 Å². The molecule has 1 aliphatic heterocycles. The molecule has 1 aromatic carbocycles. The van der Waals surface area contributed by atoms with Crippen molar-refractivity contribution in [3.8, 4) is 0 Å². The first kappa shape index (κ1) is 18.6. The minimum Gasteiger partial charge on any atom is -0.464 e. The van der Waals surface area contributed by atoms with Crippen LogP contribution >= 0.6 is 12.4 Å². The van der Waals surface area contributed by atoms with E-state index in [1.807, 2.05) is 41.3 Å². The first-order valence-corrected chi connectivity index (χ1v) is 8.41. The molecule has 2 heterocycles. The Morgan fingerprint density at radius 2 is 1.96 bits per heavy atom. The third-order valence-corrected chi connectivity index (χ3v) is 4.56. The van der Waals surface area contributed by atoms with E-state index in [4.69, 9.17) is 10.2 Å². The summed E-state index contributed by atoms with van der Waals surface area (Å²) in [7, 11) is 0. The minimum atomic E-state index is 0. The van der Waals surface area contributed by atoms with E-state index in [0.717, 1.165) is 54.9 Å². The van der Waals surface area contributed by atoms with Gasteiger partial charge in [0, 0.05) is 25.1 Å². The van der Waals surface area contributed by atoms with E-state index in [1.54, 1.807) is 0 Å². The molecule has 130 valence electrons. The van der Waals surface area contributed by atoms with Gasteiger partial charge < -0.3 is 15.1 Å². The molecule has 1 aliphatic rings. The summed E-state index contributed by atoms with van der Waals surface area (Å²) in [5, 5.41) is 0. The Bertz CT molecular complexity index is 666. The molecule has 2 aromatic rings. The molecule has 1 atom stereocenters. The number of hydrogen-bond acceptors (Lipinski definition) is 3. The number of nitrogens with two attached hydrogens (primary N) is 1. The summed E-state index contributed by atoms with van der Waals surface area (Å²) in [6, 6.07) is 11.7. The molecule has 4 nitrogen and oxygen atoms in total. The van der Waals surface area contributed by atoms with Gasteiger partial charge in [-0.25, -0.2) is 0 Å². The number of rotatable bonds is 4. The van der Waals surface area contributed by atoms with Crippen LogP contribution in [0.25, 0.3) is 0 Å². The molecule has 0 radical (unpaired) electrons. The number of carbonyl (C=O) groups excluding carboxylic acids is 1. The third kappa shape index (κ3) is 3.82. The molecule has 0 saturated carbocycles. The number of amides is 1. The van der Waals surface area contributed by atoms with Gasteiger partial charge in [-0.1, -0.05) is 19.1 Å². The molecule has 5 heteroatoms. The maximum Gasteiger partial charge on any atom is 0.254 e. The van der Waals surface area contributed by atoms with Crippen LogP contribution in [0.4, 0.5) is 0 Å². The predicted octanol–water partition coefficient (Wildman–Crippen LogP) is 4.09. The molecule has 0 spiro atoms. The van der Waals surface area contributed by atoms with E-state index in [0.29, 0.717) is 6.54 Å². The van der Waals surface area contributed by atoms with Gasteiger partial charge in [0.25, 0.3) is 5.91 Å². The first-order valence-electron chi connectivity index (χ1n) is 8.41. The van der Waals surface area contributed by atoms with Crippen LogP contribution in [-0.2, 0) is 13.0 Å². The zero-order valence-corrected chi connectivity index (χ0v) is 14.8. The molecular formula is C19H25ClN2O2. The molecule has 1 aromatic heterocycles. The fourth-order valence-electron chi connectivity index (χ4n) is 3.18. The van der Waals surface area contributed by atoms with Crippen LogP contribution in [-0.4, -0.2) is 17.4 Å². The van der Waals surface area contributed by atoms with Crippen molar-refractivity contribution in [3.05, 3.63) is 59.0 Å². The van der Waals surface area contributed by atoms with Gasteiger partial charge in [-0.05, 0) is 49.1 Å². The number of likely N-dealkylation sites (tertiary alicyclic amines) is 1. The average Bonchev–Trinajstić information content (AvgIpc) is 3.10. The third-order valence-electron chi connectivity index (χ3n) is 4.56. The molecule has 2 N–H and O–H groups in total. The van der Waals surface area contributed by atoms with Crippen LogP contribution in [0.15, 0.2) is 40.8 Å². The molecule has 1 saturated heterocycles. The van der Waals surface area contributed by atoms with Crippen LogP contribution < -0.4 is 5.73 Å². The smallest absolute Gasteiger partial charge is 0.254 e. The predicted molar refractivity (Wildman–Crippen MR) is 97.3 cm³/mol. The standard InChI is InChI=1S/C19H24N2O2.ClH/c1-2-16-10-11-18(23-16)17-5-3-4-12-21(17)19(22)15-8-6-14(13-20)7-9-15;/h6-11,17H,2-5,12-13,20H2,1H3;1H. The molecule has 24 heavy (non-hydrogen) atoms. The van der Waals surface area contributed by atoms with Crippen LogP contribution in [0.2, 0.25) is 0 Å². The van der Waals surface area contributed by atoms with E-state index in [2.05, 4.69) is 6.92 Å². The quantitative estimate of drug-likeness (QED) is 0.905. The number of benzene rings is 1. The van der Waals surface area contributed by atoms with Crippen molar-refractivity contribution in [2.24, 2.45) is 5.73 Å². The maximum absolute atomic E-state index is 12.9. The molecular weight excluding hydrogens is 324 g/mol. The second kappa shape index (κ2) is 8.36. The minimum absolute atomic E-state index is 0. The Morgan fingerprint density at radius 1 is 1.21 bits per heavy atom. The molecule has 0 bridgehead atoms. The number of piperidine rings is 1. The van der Waals surface area contributed by atoms with Gasteiger partial charge in [-0.2, -0.15) is 0 Å². The Labute approximate surface area is 149 Å². The summed E-state index contributed by atoms with van der Waals surface area (Å²) in [5.74, 6) is 1.96. The van der Waals surface area contributed by atoms with E-state index in [9.17, 15) is 4.79 Å². The number of hydrogen-bond donors (Lipinski definition) is 1. The second-order valence-corrected chi connectivity index (χ2v) is 6.07. The van der Waals surface area contributed by atoms with Crippen LogP contribution in [0.1, 0.15) is 59.7 Å². The summed E-state index contributed by atoms with van der Waals surface area (Å²) in [6.45, 7) is 3.35. The lowest BCUT2D eigenvalue weighted by Gasteiger charge is -2.34. The van der Waals surface area contributed by atoms with Gasteiger partial charge in [0.05, 0.1) is 6.04 Å². The highest BCUT2D eigenvalue weighted by Gasteiger charge is 2.30. The SMILES string of the molecule is CCc1ccc(C2CCCCN2C(=O)c2ccc(CN)cc2)o1.Cl. The average molecular weight is 349 g/mol. The zero-order valence-electron chi connectivity index (χ0n) is 14.0. The van der Waals surface area contributed by atoms with E-state index in [-0.39, 0.29) is 24.4 Å². The topological polar surface area (TPSA) is 59.5 Å². The number of halogens is 1. The lowest BCUT2D eigenvalue weighted by atomic mass is 9.98. The monoisotopic (exact) mass is 348 g/mol. The lowest BCUT2D eigenvalue weighted by Crippen LogP contribution is -2.38. The largest absolute Gasteiger partial charge is 0.464 e. The Balaban J connectivity index is 0.00000208.